The molecule has 9 heteroatoms. The highest BCUT2D eigenvalue weighted by atomic mass is 32.2. The Kier molecular flexibility index (Phi) is 6.60. The van der Waals surface area contributed by atoms with Gasteiger partial charge in [0.05, 0.1) is 23.1 Å². The molecule has 0 spiro atoms. The van der Waals surface area contributed by atoms with Crippen LogP contribution in [0.2, 0.25) is 0 Å². The number of rotatable bonds is 6. The smallest absolute Gasteiger partial charge is 0.416 e. The third kappa shape index (κ3) is 5.27. The van der Waals surface area contributed by atoms with E-state index in [-0.39, 0.29) is 18.0 Å². The standard InChI is InChI=1S/C21H21F3N2O3S/c1-3-29-15-7-4-13(5-8-15)12-26(2)19(27)11-18-20(28)25-16-10-14(21(22,23)24)6-9-17(16)30-18/h4-10,18H,3,11-12H2,1-2H3,(H,25,28). The van der Waals surface area contributed by atoms with Crippen LogP contribution in [0.5, 0.6) is 5.75 Å². The van der Waals surface area contributed by atoms with Crippen molar-refractivity contribution in [2.45, 2.75) is 36.2 Å². The molecule has 0 fully saturated rings. The lowest BCUT2D eigenvalue weighted by molar-refractivity contribution is -0.137. The Morgan fingerprint density at radius 3 is 2.53 bits per heavy atom. The van der Waals surface area contributed by atoms with E-state index in [0.717, 1.165) is 35.2 Å². The Hall–Kier alpha value is -2.68. The molecule has 1 atom stereocenters. The second-order valence-corrected chi connectivity index (χ2v) is 8.08. The number of anilines is 1. The van der Waals surface area contributed by atoms with Gasteiger partial charge in [-0.2, -0.15) is 13.2 Å². The summed E-state index contributed by atoms with van der Waals surface area (Å²) < 4.78 is 44.0. The molecule has 0 aliphatic carbocycles. The van der Waals surface area contributed by atoms with Crippen LogP contribution in [0.25, 0.3) is 0 Å². The van der Waals surface area contributed by atoms with E-state index in [1.807, 2.05) is 31.2 Å². The van der Waals surface area contributed by atoms with Gasteiger partial charge in [0.1, 0.15) is 5.75 Å². The number of hydrogen-bond donors (Lipinski definition) is 1. The lowest BCUT2D eigenvalue weighted by atomic mass is 10.1. The summed E-state index contributed by atoms with van der Waals surface area (Å²) in [6, 6.07) is 10.6. The first-order chi connectivity index (χ1) is 14.2. The van der Waals surface area contributed by atoms with Gasteiger partial charge < -0.3 is 15.0 Å². The van der Waals surface area contributed by atoms with E-state index in [4.69, 9.17) is 4.74 Å². The minimum absolute atomic E-state index is 0.0511. The SMILES string of the molecule is CCOc1ccc(CN(C)C(=O)CC2Sc3ccc(C(F)(F)F)cc3NC2=O)cc1. The Morgan fingerprint density at radius 1 is 1.20 bits per heavy atom. The third-order valence-electron chi connectivity index (χ3n) is 4.57. The van der Waals surface area contributed by atoms with Crippen LogP contribution in [0.3, 0.4) is 0 Å². The maximum absolute atomic E-state index is 12.9. The van der Waals surface area contributed by atoms with Gasteiger partial charge in [-0.1, -0.05) is 12.1 Å². The maximum Gasteiger partial charge on any atom is 0.416 e. The highest BCUT2D eigenvalue weighted by molar-refractivity contribution is 8.01. The molecular weight excluding hydrogens is 417 g/mol. The second kappa shape index (κ2) is 8.99. The number of hydrogen-bond acceptors (Lipinski definition) is 4. The molecule has 1 N–H and O–H groups in total. The lowest BCUT2D eigenvalue weighted by Gasteiger charge is -2.26. The third-order valence-corrected chi connectivity index (χ3v) is 5.84. The molecule has 160 valence electrons. The number of thioether (sulfide) groups is 1. The van der Waals surface area contributed by atoms with Crippen LogP contribution in [-0.4, -0.2) is 35.6 Å². The van der Waals surface area contributed by atoms with Crippen molar-refractivity contribution in [1.29, 1.82) is 0 Å². The number of halogens is 3. The zero-order chi connectivity index (χ0) is 21.9. The number of nitrogens with one attached hydrogen (secondary N) is 1. The average molecular weight is 438 g/mol. The van der Waals surface area contributed by atoms with E-state index in [1.165, 1.54) is 11.0 Å². The van der Waals surface area contributed by atoms with Crippen LogP contribution in [0.1, 0.15) is 24.5 Å². The summed E-state index contributed by atoms with van der Waals surface area (Å²) in [5.41, 5.74) is 0.207. The van der Waals surface area contributed by atoms with Crippen LogP contribution >= 0.6 is 11.8 Å². The summed E-state index contributed by atoms with van der Waals surface area (Å²) in [5.74, 6) is 0.0411. The molecule has 1 unspecified atom stereocenters. The van der Waals surface area contributed by atoms with Crippen molar-refractivity contribution < 1.29 is 27.5 Å². The van der Waals surface area contributed by atoms with Gasteiger partial charge in [0.2, 0.25) is 11.8 Å². The summed E-state index contributed by atoms with van der Waals surface area (Å²) >= 11 is 1.10. The normalized spacial score (nSPS) is 15.9. The fraction of sp³-hybridized carbons (Fsp3) is 0.333. The molecule has 1 heterocycles. The maximum atomic E-state index is 12.9. The predicted octanol–water partition coefficient (Wildman–Crippen LogP) is 4.57. The van der Waals surface area contributed by atoms with Gasteiger partial charge in [0, 0.05) is 24.9 Å². The molecule has 3 rings (SSSR count). The number of nitrogens with zero attached hydrogens (tertiary/aromatic N) is 1. The van der Waals surface area contributed by atoms with E-state index in [2.05, 4.69) is 5.32 Å². The fourth-order valence-corrected chi connectivity index (χ4v) is 4.08. The lowest BCUT2D eigenvalue weighted by Crippen LogP contribution is -2.35. The first kappa shape index (κ1) is 22.0. The molecule has 1 aliphatic heterocycles. The van der Waals surface area contributed by atoms with Gasteiger partial charge in [0.15, 0.2) is 0 Å². The zero-order valence-electron chi connectivity index (χ0n) is 16.5. The largest absolute Gasteiger partial charge is 0.494 e. The molecule has 0 radical (unpaired) electrons. The number of ether oxygens (including phenoxy) is 1. The Balaban J connectivity index is 1.61. The molecule has 2 aromatic carbocycles. The molecule has 2 aromatic rings. The number of alkyl halides is 3. The van der Waals surface area contributed by atoms with E-state index in [0.29, 0.717) is 18.0 Å². The highest BCUT2D eigenvalue weighted by Crippen LogP contribution is 2.40. The van der Waals surface area contributed by atoms with Crippen molar-refractivity contribution in [3.05, 3.63) is 53.6 Å². The monoisotopic (exact) mass is 438 g/mol. The van der Waals surface area contributed by atoms with E-state index in [9.17, 15) is 22.8 Å². The van der Waals surface area contributed by atoms with Crippen molar-refractivity contribution in [3.63, 3.8) is 0 Å². The number of amides is 2. The highest BCUT2D eigenvalue weighted by Gasteiger charge is 2.34. The summed E-state index contributed by atoms with van der Waals surface area (Å²) in [7, 11) is 1.65. The first-order valence-corrected chi connectivity index (χ1v) is 10.2. The van der Waals surface area contributed by atoms with Crippen LogP contribution in [0.4, 0.5) is 18.9 Å². The summed E-state index contributed by atoms with van der Waals surface area (Å²) in [5, 5.41) is 1.79. The van der Waals surface area contributed by atoms with Crippen molar-refractivity contribution >= 4 is 29.3 Å². The van der Waals surface area contributed by atoms with Crippen molar-refractivity contribution in [2.75, 3.05) is 19.0 Å². The van der Waals surface area contributed by atoms with Gasteiger partial charge in [-0.05, 0) is 42.8 Å². The Labute approximate surface area is 176 Å². The number of carbonyl (C=O) groups is 2. The molecule has 0 bridgehead atoms. The van der Waals surface area contributed by atoms with Gasteiger partial charge in [-0.25, -0.2) is 0 Å². The van der Waals surface area contributed by atoms with E-state index in [1.54, 1.807) is 7.05 Å². The summed E-state index contributed by atoms with van der Waals surface area (Å²) in [4.78, 5) is 27.0. The van der Waals surface area contributed by atoms with Crippen LogP contribution < -0.4 is 10.1 Å². The summed E-state index contributed by atoms with van der Waals surface area (Å²) in [6.45, 7) is 2.84. The molecule has 1 aliphatic rings. The number of carbonyl (C=O) groups excluding carboxylic acids is 2. The minimum atomic E-state index is -4.49. The predicted molar refractivity (Wildman–Crippen MR) is 108 cm³/mol. The van der Waals surface area contributed by atoms with Crippen LogP contribution in [0.15, 0.2) is 47.4 Å². The van der Waals surface area contributed by atoms with Gasteiger partial charge in [0.25, 0.3) is 0 Å². The number of fused-ring (bicyclic) bond motifs is 1. The van der Waals surface area contributed by atoms with Gasteiger partial charge >= 0.3 is 6.18 Å². The average Bonchev–Trinajstić information content (AvgIpc) is 2.69. The van der Waals surface area contributed by atoms with Crippen LogP contribution in [0, 0.1) is 0 Å². The molecule has 0 saturated carbocycles. The molecule has 2 amide bonds. The molecule has 5 nitrogen and oxygen atoms in total. The Morgan fingerprint density at radius 2 is 1.90 bits per heavy atom. The fourth-order valence-electron chi connectivity index (χ4n) is 3.00. The second-order valence-electron chi connectivity index (χ2n) is 6.84. The topological polar surface area (TPSA) is 58.6 Å². The van der Waals surface area contributed by atoms with Crippen LogP contribution in [-0.2, 0) is 22.3 Å². The van der Waals surface area contributed by atoms with E-state index >= 15 is 0 Å². The minimum Gasteiger partial charge on any atom is -0.494 e. The molecule has 0 aromatic heterocycles. The Bertz CT molecular complexity index is 932. The van der Waals surface area contributed by atoms with Gasteiger partial charge in [-0.3, -0.25) is 9.59 Å². The van der Waals surface area contributed by atoms with Gasteiger partial charge in [-0.15, -0.1) is 11.8 Å². The molecule has 0 saturated heterocycles. The summed E-state index contributed by atoms with van der Waals surface area (Å²) in [6.07, 6.45) is -4.54. The van der Waals surface area contributed by atoms with E-state index < -0.39 is 22.9 Å². The first-order valence-electron chi connectivity index (χ1n) is 9.32. The van der Waals surface area contributed by atoms with Crippen molar-refractivity contribution in [2.24, 2.45) is 0 Å². The number of benzene rings is 2. The van der Waals surface area contributed by atoms with Crippen molar-refractivity contribution in [3.8, 4) is 5.75 Å². The molecular formula is C21H21F3N2O3S. The zero-order valence-corrected chi connectivity index (χ0v) is 17.3. The van der Waals surface area contributed by atoms with Crippen molar-refractivity contribution in [1.82, 2.24) is 4.90 Å². The molecule has 30 heavy (non-hydrogen) atoms. The quantitative estimate of drug-likeness (QED) is 0.718.